The number of carbonyl (C=O) groups is 2. The summed E-state index contributed by atoms with van der Waals surface area (Å²) in [5.74, 6) is -0.711. The maximum atomic E-state index is 13.1. The molecule has 0 atom stereocenters. The van der Waals surface area contributed by atoms with Crippen LogP contribution in [-0.4, -0.2) is 21.2 Å². The van der Waals surface area contributed by atoms with Crippen molar-refractivity contribution in [2.45, 2.75) is 33.2 Å². The molecule has 0 saturated heterocycles. The van der Waals surface area contributed by atoms with Crippen molar-refractivity contribution in [3.05, 3.63) is 81.8 Å². The Hall–Kier alpha value is -3.61. The van der Waals surface area contributed by atoms with Crippen molar-refractivity contribution >= 4 is 11.9 Å². The van der Waals surface area contributed by atoms with Crippen LogP contribution < -0.4 is 15.6 Å². The zero-order valence-corrected chi connectivity index (χ0v) is 17.5. The first-order valence-corrected chi connectivity index (χ1v) is 9.73. The SMILES string of the molecule is CC(=O)Oc1ccccc1C(=O)NCc1c(C(C)C)c(=O)n(-c2ccccc2)n1C. The topological polar surface area (TPSA) is 82.3 Å². The number of carbonyl (C=O) groups excluding carboxylic acids is 2. The Morgan fingerprint density at radius 1 is 1.03 bits per heavy atom. The Labute approximate surface area is 174 Å². The number of para-hydroxylation sites is 2. The molecule has 1 amide bonds. The van der Waals surface area contributed by atoms with Gasteiger partial charge in [0.05, 0.1) is 23.5 Å². The number of nitrogens with one attached hydrogen (secondary N) is 1. The van der Waals surface area contributed by atoms with E-state index in [1.807, 2.05) is 44.2 Å². The molecule has 30 heavy (non-hydrogen) atoms. The Kier molecular flexibility index (Phi) is 6.20. The first-order valence-electron chi connectivity index (χ1n) is 9.73. The van der Waals surface area contributed by atoms with Crippen LogP contribution in [0.5, 0.6) is 5.75 Å². The highest BCUT2D eigenvalue weighted by Gasteiger charge is 2.22. The lowest BCUT2D eigenvalue weighted by molar-refractivity contribution is -0.131. The number of rotatable bonds is 6. The summed E-state index contributed by atoms with van der Waals surface area (Å²) in [5.41, 5.74) is 2.27. The second-order valence-corrected chi connectivity index (χ2v) is 7.26. The number of esters is 1. The molecule has 7 nitrogen and oxygen atoms in total. The van der Waals surface area contributed by atoms with E-state index in [0.717, 1.165) is 11.4 Å². The van der Waals surface area contributed by atoms with Gasteiger partial charge in [-0.05, 0) is 30.2 Å². The van der Waals surface area contributed by atoms with Crippen molar-refractivity contribution in [2.24, 2.45) is 7.05 Å². The predicted octanol–water partition coefficient (Wildman–Crippen LogP) is 3.15. The predicted molar refractivity (Wildman–Crippen MR) is 114 cm³/mol. The summed E-state index contributed by atoms with van der Waals surface area (Å²) in [5, 5.41) is 2.85. The molecule has 0 bridgehead atoms. The van der Waals surface area contributed by atoms with Gasteiger partial charge >= 0.3 is 5.97 Å². The van der Waals surface area contributed by atoms with Gasteiger partial charge in [0.15, 0.2) is 0 Å². The average Bonchev–Trinajstić information content (AvgIpc) is 2.96. The van der Waals surface area contributed by atoms with Gasteiger partial charge in [0, 0.05) is 19.5 Å². The lowest BCUT2D eigenvalue weighted by atomic mass is 10.0. The van der Waals surface area contributed by atoms with Gasteiger partial charge in [0.2, 0.25) is 0 Å². The van der Waals surface area contributed by atoms with Crippen LogP contribution in [-0.2, 0) is 18.4 Å². The average molecular weight is 407 g/mol. The van der Waals surface area contributed by atoms with Crippen LogP contribution in [0.2, 0.25) is 0 Å². The van der Waals surface area contributed by atoms with Gasteiger partial charge in [-0.25, -0.2) is 4.68 Å². The van der Waals surface area contributed by atoms with Crippen molar-refractivity contribution < 1.29 is 14.3 Å². The Morgan fingerprint density at radius 2 is 1.67 bits per heavy atom. The molecule has 0 spiro atoms. The summed E-state index contributed by atoms with van der Waals surface area (Å²) >= 11 is 0. The minimum Gasteiger partial charge on any atom is -0.426 e. The second kappa shape index (κ2) is 8.82. The van der Waals surface area contributed by atoms with E-state index in [-0.39, 0.29) is 35.2 Å². The molecule has 0 aliphatic heterocycles. The van der Waals surface area contributed by atoms with Crippen molar-refractivity contribution in [3.63, 3.8) is 0 Å². The van der Waals surface area contributed by atoms with Crippen molar-refractivity contribution in [3.8, 4) is 11.4 Å². The molecule has 156 valence electrons. The summed E-state index contributed by atoms with van der Waals surface area (Å²) in [4.78, 5) is 37.2. The molecule has 3 aromatic rings. The van der Waals surface area contributed by atoms with Gasteiger partial charge in [-0.1, -0.05) is 44.2 Å². The van der Waals surface area contributed by atoms with Crippen LogP contribution in [0.25, 0.3) is 5.69 Å². The molecule has 0 radical (unpaired) electrons. The van der Waals surface area contributed by atoms with E-state index in [2.05, 4.69) is 5.32 Å². The number of ether oxygens (including phenoxy) is 1. The minimum absolute atomic E-state index is 0.0195. The molecule has 3 rings (SSSR count). The molecule has 0 unspecified atom stereocenters. The second-order valence-electron chi connectivity index (χ2n) is 7.26. The molecular formula is C23H25N3O4. The fraction of sp³-hybridized carbons (Fsp3) is 0.261. The fourth-order valence-electron chi connectivity index (χ4n) is 3.48. The standard InChI is InChI=1S/C23H25N3O4/c1-15(2)21-19(25(4)26(23(21)29)17-10-6-5-7-11-17)14-24-22(28)18-12-8-9-13-20(18)30-16(3)27/h5-13,15H,14H2,1-4H3,(H,24,28). The first kappa shape index (κ1) is 21.1. The number of benzene rings is 2. The van der Waals surface area contributed by atoms with Crippen molar-refractivity contribution in [1.29, 1.82) is 0 Å². The van der Waals surface area contributed by atoms with Crippen molar-refractivity contribution in [1.82, 2.24) is 14.7 Å². The van der Waals surface area contributed by atoms with Crippen LogP contribution in [0.1, 0.15) is 48.3 Å². The van der Waals surface area contributed by atoms with Crippen LogP contribution >= 0.6 is 0 Å². The van der Waals surface area contributed by atoms with E-state index in [1.54, 1.807) is 40.7 Å². The van der Waals surface area contributed by atoms with E-state index in [9.17, 15) is 14.4 Å². The number of aromatic nitrogens is 2. The molecule has 1 aromatic heterocycles. The van der Waals surface area contributed by atoms with Crippen molar-refractivity contribution in [2.75, 3.05) is 0 Å². The lowest BCUT2D eigenvalue weighted by Crippen LogP contribution is -2.26. The maximum Gasteiger partial charge on any atom is 0.308 e. The minimum atomic E-state index is -0.500. The first-order chi connectivity index (χ1) is 14.3. The molecule has 0 fully saturated rings. The fourth-order valence-corrected chi connectivity index (χ4v) is 3.48. The normalized spacial score (nSPS) is 10.8. The Balaban J connectivity index is 1.94. The lowest BCUT2D eigenvalue weighted by Gasteiger charge is -2.13. The quantitative estimate of drug-likeness (QED) is 0.503. The molecule has 2 aromatic carbocycles. The number of hydrogen-bond acceptors (Lipinski definition) is 4. The van der Waals surface area contributed by atoms with E-state index in [4.69, 9.17) is 4.74 Å². The third-order valence-electron chi connectivity index (χ3n) is 4.80. The molecule has 7 heteroatoms. The summed E-state index contributed by atoms with van der Waals surface area (Å²) in [6, 6.07) is 15.9. The monoisotopic (exact) mass is 407 g/mol. The molecule has 0 aliphatic rings. The highest BCUT2D eigenvalue weighted by molar-refractivity contribution is 5.97. The van der Waals surface area contributed by atoms with Crippen LogP contribution in [0.4, 0.5) is 0 Å². The molecule has 0 aliphatic carbocycles. The van der Waals surface area contributed by atoms with Gasteiger partial charge < -0.3 is 10.1 Å². The number of hydrogen-bond donors (Lipinski definition) is 1. The highest BCUT2D eigenvalue weighted by Crippen LogP contribution is 2.20. The van der Waals surface area contributed by atoms with Gasteiger partial charge in [-0.3, -0.25) is 19.1 Å². The zero-order chi connectivity index (χ0) is 21.8. The molecule has 1 N–H and O–H groups in total. The van der Waals surface area contributed by atoms with Gasteiger partial charge in [-0.15, -0.1) is 0 Å². The summed E-state index contributed by atoms with van der Waals surface area (Å²) in [7, 11) is 1.80. The maximum absolute atomic E-state index is 13.1. The summed E-state index contributed by atoms with van der Waals surface area (Å²) in [6.07, 6.45) is 0. The van der Waals surface area contributed by atoms with E-state index >= 15 is 0 Å². The van der Waals surface area contributed by atoms with E-state index in [0.29, 0.717) is 5.56 Å². The van der Waals surface area contributed by atoms with E-state index in [1.165, 1.54) is 6.92 Å². The molecular weight excluding hydrogens is 382 g/mol. The smallest absolute Gasteiger partial charge is 0.308 e. The summed E-state index contributed by atoms with van der Waals surface area (Å²) < 4.78 is 8.50. The Morgan fingerprint density at radius 3 is 2.30 bits per heavy atom. The van der Waals surface area contributed by atoms with Gasteiger partial charge in [0.1, 0.15) is 5.75 Å². The largest absolute Gasteiger partial charge is 0.426 e. The number of nitrogens with zero attached hydrogens (tertiary/aromatic N) is 2. The van der Waals surface area contributed by atoms with Gasteiger partial charge in [0.25, 0.3) is 11.5 Å². The highest BCUT2D eigenvalue weighted by atomic mass is 16.5. The molecule has 0 saturated carbocycles. The van der Waals surface area contributed by atoms with Crippen LogP contribution in [0.3, 0.4) is 0 Å². The van der Waals surface area contributed by atoms with Gasteiger partial charge in [-0.2, -0.15) is 0 Å². The third kappa shape index (κ3) is 4.20. The number of amides is 1. The summed E-state index contributed by atoms with van der Waals surface area (Å²) in [6.45, 7) is 5.35. The van der Waals surface area contributed by atoms with Crippen LogP contribution in [0, 0.1) is 0 Å². The molecule has 1 heterocycles. The Bertz CT molecular complexity index is 1130. The zero-order valence-electron chi connectivity index (χ0n) is 17.5. The third-order valence-corrected chi connectivity index (χ3v) is 4.80. The van der Waals surface area contributed by atoms with Crippen LogP contribution in [0.15, 0.2) is 59.4 Å². The van der Waals surface area contributed by atoms with E-state index < -0.39 is 5.97 Å².